The number of anilines is 1. The summed E-state index contributed by atoms with van der Waals surface area (Å²) in [6, 6.07) is 7.26. The molecule has 0 aliphatic carbocycles. The molecule has 18 nitrogen and oxygen atoms in total. The van der Waals surface area contributed by atoms with Gasteiger partial charge in [-0.25, -0.2) is 9.59 Å². The lowest BCUT2D eigenvalue weighted by Gasteiger charge is -2.42. The molecule has 0 aromatic heterocycles. The fourth-order valence-electron chi connectivity index (χ4n) is 8.66. The number of aliphatic hydroxyl groups is 1. The first-order valence-electron chi connectivity index (χ1n) is 23.4. The van der Waals surface area contributed by atoms with Crippen LogP contribution in [0.1, 0.15) is 98.1 Å². The second-order valence-corrected chi connectivity index (χ2v) is 19.9. The lowest BCUT2D eigenvalue weighted by Crippen LogP contribution is -2.63. The topological polar surface area (TPSA) is 237 Å². The van der Waals surface area contributed by atoms with Crippen molar-refractivity contribution in [1.29, 1.82) is 0 Å². The first kappa shape index (κ1) is 56.3. The molecule has 0 saturated carbocycles. The van der Waals surface area contributed by atoms with Gasteiger partial charge in [-0.1, -0.05) is 54.5 Å². The van der Waals surface area contributed by atoms with Crippen LogP contribution < -0.4 is 20.3 Å². The number of likely N-dealkylation sites (N-methyl/N-ethyl adjacent to an activating group) is 1. The van der Waals surface area contributed by atoms with E-state index in [0.717, 1.165) is 16.7 Å². The number of allylic oxidation sites excluding steroid dienone is 3. The molecule has 386 valence electrons. The number of esters is 1. The first-order valence-corrected chi connectivity index (χ1v) is 25.0. The highest BCUT2D eigenvalue weighted by Crippen LogP contribution is 2.49. The number of carbonyl (C=O) groups is 8. The van der Waals surface area contributed by atoms with Gasteiger partial charge in [0.15, 0.2) is 18.3 Å². The van der Waals surface area contributed by atoms with Gasteiger partial charge in [0, 0.05) is 76.2 Å². The summed E-state index contributed by atoms with van der Waals surface area (Å²) in [6.07, 6.45) is 2.88. The van der Waals surface area contributed by atoms with E-state index in [1.54, 1.807) is 63.4 Å². The van der Waals surface area contributed by atoms with Crippen LogP contribution in [0.3, 0.4) is 0 Å². The number of benzene rings is 2. The summed E-state index contributed by atoms with van der Waals surface area (Å²) >= 11 is 8.07. The lowest BCUT2D eigenvalue weighted by atomic mass is 9.83. The van der Waals surface area contributed by atoms with Gasteiger partial charge in [-0.2, -0.15) is 11.8 Å². The number of carbonyl (C=O) groups excluding carboxylic acids is 8. The normalized spacial score (nSPS) is 26.0. The Morgan fingerprint density at radius 1 is 1.10 bits per heavy atom. The van der Waals surface area contributed by atoms with Crippen LogP contribution in [0.5, 0.6) is 5.75 Å². The number of nitrogens with one attached hydrogen (secondary N) is 2. The van der Waals surface area contributed by atoms with Crippen LogP contribution in [-0.4, -0.2) is 146 Å². The summed E-state index contributed by atoms with van der Waals surface area (Å²) in [5.74, 6) is -1.73. The van der Waals surface area contributed by atoms with E-state index in [1.807, 2.05) is 13.0 Å². The number of alkyl carbamates (subject to hydrolysis) is 1. The minimum atomic E-state index is -1.87. The van der Waals surface area contributed by atoms with E-state index in [0.29, 0.717) is 55.6 Å². The van der Waals surface area contributed by atoms with E-state index in [4.69, 9.17) is 35.3 Å². The Balaban J connectivity index is 1.20. The summed E-state index contributed by atoms with van der Waals surface area (Å²) < 4.78 is 29.3. The third kappa shape index (κ3) is 14.5. The number of rotatable bonds is 19. The van der Waals surface area contributed by atoms with Gasteiger partial charge in [0.2, 0.25) is 17.7 Å². The van der Waals surface area contributed by atoms with E-state index in [1.165, 1.54) is 49.8 Å². The molecule has 0 radical (unpaired) electrons. The number of amides is 4. The van der Waals surface area contributed by atoms with Crippen molar-refractivity contribution in [2.75, 3.05) is 51.3 Å². The molecular formula is C51H65ClN4O14S. The summed E-state index contributed by atoms with van der Waals surface area (Å²) in [5, 5.41) is 17.3. The number of methoxy groups -OCH3 is 2. The Morgan fingerprint density at radius 2 is 1.83 bits per heavy atom. The SMILES string of the molecule is COc1cc2cc(c1Cl)N(C)C(=O)C[C@@H](OC(=O)[C@H](C)N(C)C(=O)CCSCC(=O)CCCNC(=O)CCc1ccc(C=O)c(C=O)c1)[C@]1(C)OC1[C@H](C)[C@@H]1C[C@@](O)(NC(=O)O1)[C@H](OC)/C=C\C=C(/C)C2. The molecule has 2 saturated heterocycles. The Hall–Kier alpha value is -5.60. The Kier molecular flexibility index (Phi) is 20.0. The molecule has 2 aromatic rings. The van der Waals surface area contributed by atoms with Crippen LogP contribution >= 0.6 is 23.4 Å². The zero-order valence-electron chi connectivity index (χ0n) is 41.5. The maximum absolute atomic E-state index is 14.3. The van der Waals surface area contributed by atoms with Crippen molar-refractivity contribution in [2.45, 2.75) is 121 Å². The van der Waals surface area contributed by atoms with Crippen LogP contribution in [0.4, 0.5) is 10.5 Å². The number of aryl methyl sites for hydroxylation is 1. The van der Waals surface area contributed by atoms with Gasteiger partial charge in [0.25, 0.3) is 0 Å². The predicted octanol–water partition coefficient (Wildman–Crippen LogP) is 5.36. The van der Waals surface area contributed by atoms with E-state index >= 15 is 0 Å². The molecule has 3 aliphatic rings. The molecule has 3 N–H and O–H groups in total. The number of aldehydes is 2. The number of hydrogen-bond donors (Lipinski definition) is 3. The number of Topliss-reactive ketones (excluding diaryl/α,β-unsaturated/α-hetero) is 1. The highest BCUT2D eigenvalue weighted by molar-refractivity contribution is 7.99. The minimum Gasteiger partial charge on any atom is -0.495 e. The lowest BCUT2D eigenvalue weighted by molar-refractivity contribution is -0.162. The van der Waals surface area contributed by atoms with Gasteiger partial charge in [-0.3, -0.25) is 34.1 Å². The molecule has 20 heteroatoms. The first-order chi connectivity index (χ1) is 33.7. The molecule has 8 atom stereocenters. The number of ether oxygens (including phenoxy) is 5. The van der Waals surface area contributed by atoms with Crippen LogP contribution in [-0.2, 0) is 55.8 Å². The molecule has 3 aliphatic heterocycles. The molecule has 1 unspecified atom stereocenters. The third-order valence-corrected chi connectivity index (χ3v) is 14.6. The molecule has 4 amide bonds. The zero-order valence-corrected chi connectivity index (χ0v) is 43.0. The van der Waals surface area contributed by atoms with Crippen LogP contribution in [0.2, 0.25) is 5.02 Å². The Labute approximate surface area is 423 Å². The van der Waals surface area contributed by atoms with Gasteiger partial charge >= 0.3 is 12.1 Å². The second-order valence-electron chi connectivity index (χ2n) is 18.4. The van der Waals surface area contributed by atoms with Crippen LogP contribution in [0.25, 0.3) is 0 Å². The Bertz CT molecular complexity index is 2400. The largest absolute Gasteiger partial charge is 0.495 e. The van der Waals surface area contributed by atoms with E-state index in [9.17, 15) is 43.5 Å². The highest BCUT2D eigenvalue weighted by Gasteiger charge is 2.64. The molecule has 5 rings (SSSR count). The maximum atomic E-state index is 14.3. The van der Waals surface area contributed by atoms with Gasteiger partial charge in [0.05, 0.1) is 31.1 Å². The predicted molar refractivity (Wildman–Crippen MR) is 266 cm³/mol. The molecule has 4 bridgehead atoms. The van der Waals surface area contributed by atoms with Crippen LogP contribution in [0.15, 0.2) is 54.1 Å². The van der Waals surface area contributed by atoms with Gasteiger partial charge in [-0.15, -0.1) is 0 Å². The monoisotopic (exact) mass is 1020 g/mol. The third-order valence-electron chi connectivity index (χ3n) is 13.2. The number of halogens is 1. The van der Waals surface area contributed by atoms with Crippen molar-refractivity contribution in [3.63, 3.8) is 0 Å². The molecule has 71 heavy (non-hydrogen) atoms. The summed E-state index contributed by atoms with van der Waals surface area (Å²) in [5.41, 5.74) is 0.156. The summed E-state index contributed by atoms with van der Waals surface area (Å²) in [7, 11) is 5.89. The molecule has 2 aromatic carbocycles. The van der Waals surface area contributed by atoms with E-state index in [-0.39, 0.29) is 71.6 Å². The smallest absolute Gasteiger partial charge is 0.409 e. The summed E-state index contributed by atoms with van der Waals surface area (Å²) in [6.45, 7) is 7.16. The van der Waals surface area contributed by atoms with Crippen molar-refractivity contribution < 1.29 is 67.1 Å². The number of nitrogens with zero attached hydrogens (tertiary/aromatic N) is 2. The number of ketones is 1. The number of hydrogen-bond acceptors (Lipinski definition) is 15. The molecule has 2 fully saturated rings. The van der Waals surface area contributed by atoms with Crippen molar-refractivity contribution in [1.82, 2.24) is 15.5 Å². The van der Waals surface area contributed by atoms with Crippen molar-refractivity contribution in [3.05, 3.63) is 81.4 Å². The van der Waals surface area contributed by atoms with Crippen molar-refractivity contribution in [2.24, 2.45) is 5.92 Å². The van der Waals surface area contributed by atoms with Gasteiger partial charge in [0.1, 0.15) is 46.5 Å². The average Bonchev–Trinajstić information content (AvgIpc) is 4.04. The number of fused-ring (bicyclic) bond motifs is 5. The van der Waals surface area contributed by atoms with Crippen LogP contribution in [0, 0.1) is 5.92 Å². The molecular weight excluding hydrogens is 960 g/mol. The van der Waals surface area contributed by atoms with E-state index < -0.39 is 65.7 Å². The number of thioether (sulfide) groups is 1. The highest BCUT2D eigenvalue weighted by atomic mass is 35.5. The average molecular weight is 1030 g/mol. The molecule has 0 spiro atoms. The fourth-order valence-corrected chi connectivity index (χ4v) is 9.81. The second kappa shape index (κ2) is 25.2. The quantitative estimate of drug-likeness (QED) is 0.0695. The standard InChI is InChI=1S/C51H65ClN4O14S/c1-30-11-9-13-41(67-8)51(65)26-40(68-49(64)54-51)31(2)47-50(4,70-47)42(25-45(62)56(6)38-23-34(21-30)24-39(66-7)46(38)52)69-48(63)32(3)55(5)44(61)18-20-71-29-37(59)12-10-19-53-43(60)17-15-33-14-16-35(27-57)36(22-33)28-58/h9,11,13-14,16,22-24,27-28,31-32,40-42,47,65H,10,12,15,17-21,25-26,29H2,1-8H3,(H,53,60)(H,54,64)/b13-9-,30-11+/t31-,32+,40+,41-,42-,47?,50+,51+/m1/s1. The van der Waals surface area contributed by atoms with Crippen molar-refractivity contribution in [3.8, 4) is 5.75 Å². The summed E-state index contributed by atoms with van der Waals surface area (Å²) in [4.78, 5) is 104. The fraction of sp³-hybridized carbons (Fsp3) is 0.529. The number of epoxide rings is 1. The Morgan fingerprint density at radius 3 is 2.52 bits per heavy atom. The maximum Gasteiger partial charge on any atom is 0.409 e. The minimum absolute atomic E-state index is 0.0150. The van der Waals surface area contributed by atoms with E-state index in [2.05, 4.69) is 10.6 Å². The van der Waals surface area contributed by atoms with Gasteiger partial charge in [-0.05, 0) is 69.4 Å². The van der Waals surface area contributed by atoms with Crippen molar-refractivity contribution >= 4 is 77.2 Å². The zero-order chi connectivity index (χ0) is 52.2. The van der Waals surface area contributed by atoms with Gasteiger partial charge < -0.3 is 43.9 Å². The molecule has 3 heterocycles.